The molecule has 0 aliphatic rings. The number of carbonyl (C=O) groups is 1. The summed E-state index contributed by atoms with van der Waals surface area (Å²) in [7, 11) is 0. The lowest BCUT2D eigenvalue weighted by molar-refractivity contribution is 0.0980. The van der Waals surface area contributed by atoms with Gasteiger partial charge in [-0.15, -0.1) is 0 Å². The quantitative estimate of drug-likeness (QED) is 0.576. The van der Waals surface area contributed by atoms with Gasteiger partial charge in [0.15, 0.2) is 5.78 Å². The second kappa shape index (κ2) is 7.82. The molecule has 1 heterocycles. The summed E-state index contributed by atoms with van der Waals surface area (Å²) in [4.78, 5) is 16.5. The van der Waals surface area contributed by atoms with Crippen molar-refractivity contribution in [3.05, 3.63) is 89.4 Å². The number of Topliss-reactive ketones (excluding diaryl/α,β-unsaturated/α-hetero) is 1. The highest BCUT2D eigenvalue weighted by molar-refractivity contribution is 5.98. The molecule has 2 aromatic carbocycles. The third-order valence-electron chi connectivity index (χ3n) is 3.66. The van der Waals surface area contributed by atoms with Crippen molar-refractivity contribution < 1.29 is 22.7 Å². The summed E-state index contributed by atoms with van der Waals surface area (Å²) in [6.45, 7) is 0. The Kier molecular flexibility index (Phi) is 5.31. The predicted octanol–water partition coefficient (Wildman–Crippen LogP) is 5.11. The number of aryl methyl sites for hydroxylation is 1. The predicted molar refractivity (Wildman–Crippen MR) is 89.7 cm³/mol. The Bertz CT molecular complexity index is 906. The highest BCUT2D eigenvalue weighted by Crippen LogP contribution is 2.24. The van der Waals surface area contributed by atoms with Gasteiger partial charge in [0.1, 0.15) is 23.2 Å². The van der Waals surface area contributed by atoms with Gasteiger partial charge in [-0.2, -0.15) is 0 Å². The summed E-state index contributed by atoms with van der Waals surface area (Å²) < 4.78 is 45.0. The van der Waals surface area contributed by atoms with Crippen LogP contribution >= 0.6 is 0 Å². The van der Waals surface area contributed by atoms with Crippen LogP contribution in [0.3, 0.4) is 0 Å². The number of halogens is 3. The third kappa shape index (κ3) is 4.47. The summed E-state index contributed by atoms with van der Waals surface area (Å²) in [6.07, 6.45) is 1.68. The van der Waals surface area contributed by atoms with Crippen molar-refractivity contribution in [2.75, 3.05) is 0 Å². The second-order valence-electron chi connectivity index (χ2n) is 5.61. The molecule has 0 bridgehead atoms. The highest BCUT2D eigenvalue weighted by Gasteiger charge is 2.15. The van der Waals surface area contributed by atoms with Gasteiger partial charge in [-0.25, -0.2) is 18.2 Å². The fraction of sp³-hybridized carbons (Fsp3) is 0.100. The van der Waals surface area contributed by atoms with E-state index in [1.807, 2.05) is 0 Å². The molecule has 1 aromatic heterocycles. The van der Waals surface area contributed by atoms with Gasteiger partial charge < -0.3 is 4.74 Å². The Morgan fingerprint density at radius 2 is 1.62 bits per heavy atom. The first-order chi connectivity index (χ1) is 12.5. The largest absolute Gasteiger partial charge is 0.438 e. The van der Waals surface area contributed by atoms with E-state index in [2.05, 4.69) is 4.98 Å². The molecule has 0 spiro atoms. The van der Waals surface area contributed by atoms with Crippen LogP contribution in [-0.4, -0.2) is 10.8 Å². The lowest BCUT2D eigenvalue weighted by atomic mass is 10.0. The van der Waals surface area contributed by atoms with Crippen molar-refractivity contribution in [2.24, 2.45) is 0 Å². The van der Waals surface area contributed by atoms with E-state index in [9.17, 15) is 18.0 Å². The Morgan fingerprint density at radius 1 is 0.923 bits per heavy atom. The fourth-order valence-corrected chi connectivity index (χ4v) is 2.45. The molecular weight excluding hydrogens is 343 g/mol. The zero-order chi connectivity index (χ0) is 18.5. The Hall–Kier alpha value is -3.15. The molecule has 0 aliphatic heterocycles. The SMILES string of the molecule is O=C(CCc1cc(F)cc(F)c1)c1cccnc1Oc1ccc(F)cc1. The number of benzene rings is 2. The van der Waals surface area contributed by atoms with Crippen molar-refractivity contribution in [1.29, 1.82) is 0 Å². The van der Waals surface area contributed by atoms with E-state index in [1.165, 1.54) is 42.6 Å². The first-order valence-electron chi connectivity index (χ1n) is 7.88. The van der Waals surface area contributed by atoms with E-state index >= 15 is 0 Å². The van der Waals surface area contributed by atoms with E-state index in [1.54, 1.807) is 12.1 Å². The first-order valence-corrected chi connectivity index (χ1v) is 7.88. The highest BCUT2D eigenvalue weighted by atomic mass is 19.1. The van der Waals surface area contributed by atoms with Crippen molar-refractivity contribution in [3.8, 4) is 11.6 Å². The molecule has 26 heavy (non-hydrogen) atoms. The Morgan fingerprint density at radius 3 is 2.31 bits per heavy atom. The molecule has 0 atom stereocenters. The minimum atomic E-state index is -0.686. The molecule has 6 heteroatoms. The van der Waals surface area contributed by atoms with Gasteiger partial charge >= 0.3 is 0 Å². The molecule has 3 rings (SSSR count). The molecule has 0 fully saturated rings. The van der Waals surface area contributed by atoms with Crippen LogP contribution in [0.4, 0.5) is 13.2 Å². The molecule has 3 aromatic rings. The maximum Gasteiger partial charge on any atom is 0.230 e. The molecule has 3 nitrogen and oxygen atoms in total. The number of hydrogen-bond acceptors (Lipinski definition) is 3. The van der Waals surface area contributed by atoms with Crippen LogP contribution < -0.4 is 4.74 Å². The number of ether oxygens (including phenoxy) is 1. The van der Waals surface area contributed by atoms with Crippen LogP contribution in [0.1, 0.15) is 22.3 Å². The first kappa shape index (κ1) is 17.7. The summed E-state index contributed by atoms with van der Waals surface area (Å²) in [5.74, 6) is -1.62. The molecule has 0 amide bonds. The maximum absolute atomic E-state index is 13.2. The van der Waals surface area contributed by atoms with Gasteiger partial charge in [0, 0.05) is 18.7 Å². The van der Waals surface area contributed by atoms with Crippen LogP contribution in [0.5, 0.6) is 11.6 Å². The van der Waals surface area contributed by atoms with Crippen LogP contribution in [0.25, 0.3) is 0 Å². The molecule has 0 unspecified atom stereocenters. The molecule has 0 radical (unpaired) electrons. The maximum atomic E-state index is 13.2. The van der Waals surface area contributed by atoms with Gasteiger partial charge in [0.25, 0.3) is 0 Å². The van der Waals surface area contributed by atoms with Crippen molar-refractivity contribution in [1.82, 2.24) is 4.98 Å². The number of carbonyl (C=O) groups excluding carboxylic acids is 1. The van der Waals surface area contributed by atoms with Gasteiger partial charge in [0.05, 0.1) is 5.56 Å². The topological polar surface area (TPSA) is 39.2 Å². The standard InChI is InChI=1S/C20H14F3NO2/c21-14-4-6-17(7-5-14)26-20-18(2-1-9-24-20)19(25)8-3-13-10-15(22)12-16(23)11-13/h1-2,4-7,9-12H,3,8H2. The van der Waals surface area contributed by atoms with Crippen LogP contribution in [0, 0.1) is 17.5 Å². The van der Waals surface area contributed by atoms with E-state index in [4.69, 9.17) is 4.74 Å². The third-order valence-corrected chi connectivity index (χ3v) is 3.66. The molecule has 0 saturated heterocycles. The molecule has 0 saturated carbocycles. The Labute approximate surface area is 148 Å². The second-order valence-corrected chi connectivity index (χ2v) is 5.61. The number of aromatic nitrogens is 1. The Balaban J connectivity index is 1.74. The number of ketones is 1. The van der Waals surface area contributed by atoms with Gasteiger partial charge in [-0.3, -0.25) is 4.79 Å². The molecule has 0 N–H and O–H groups in total. The summed E-state index contributed by atoms with van der Waals surface area (Å²) in [5, 5.41) is 0. The molecule has 132 valence electrons. The molecule has 0 aliphatic carbocycles. The van der Waals surface area contributed by atoms with Crippen LogP contribution in [0.2, 0.25) is 0 Å². The van der Waals surface area contributed by atoms with E-state index in [-0.39, 0.29) is 30.1 Å². The van der Waals surface area contributed by atoms with Crippen LogP contribution in [-0.2, 0) is 6.42 Å². The minimum Gasteiger partial charge on any atom is -0.438 e. The van der Waals surface area contributed by atoms with Gasteiger partial charge in [0.2, 0.25) is 5.88 Å². The average Bonchev–Trinajstić information content (AvgIpc) is 2.61. The summed E-state index contributed by atoms with van der Waals surface area (Å²) in [6, 6.07) is 11.6. The van der Waals surface area contributed by atoms with Crippen molar-refractivity contribution in [2.45, 2.75) is 12.8 Å². The molecular formula is C20H14F3NO2. The number of pyridine rings is 1. The lowest BCUT2D eigenvalue weighted by Crippen LogP contribution is -2.05. The summed E-state index contributed by atoms with van der Waals surface area (Å²) >= 11 is 0. The van der Waals surface area contributed by atoms with Crippen LogP contribution in [0.15, 0.2) is 60.8 Å². The minimum absolute atomic E-state index is 0.0361. The smallest absolute Gasteiger partial charge is 0.230 e. The van der Waals surface area contributed by atoms with Gasteiger partial charge in [-0.05, 0) is 60.5 Å². The lowest BCUT2D eigenvalue weighted by Gasteiger charge is -2.09. The van der Waals surface area contributed by atoms with Crippen molar-refractivity contribution in [3.63, 3.8) is 0 Å². The summed E-state index contributed by atoms with van der Waals surface area (Å²) in [5.41, 5.74) is 0.634. The number of nitrogens with zero attached hydrogens (tertiary/aromatic N) is 1. The zero-order valence-electron chi connectivity index (χ0n) is 13.6. The van der Waals surface area contributed by atoms with Gasteiger partial charge in [-0.1, -0.05) is 0 Å². The van der Waals surface area contributed by atoms with E-state index in [0.29, 0.717) is 11.3 Å². The fourth-order valence-electron chi connectivity index (χ4n) is 2.45. The van der Waals surface area contributed by atoms with E-state index < -0.39 is 17.5 Å². The number of rotatable bonds is 6. The normalized spacial score (nSPS) is 10.6. The zero-order valence-corrected chi connectivity index (χ0v) is 13.6. The number of hydrogen-bond donors (Lipinski definition) is 0. The van der Waals surface area contributed by atoms with E-state index in [0.717, 1.165) is 6.07 Å². The van der Waals surface area contributed by atoms with Crippen molar-refractivity contribution >= 4 is 5.78 Å². The average molecular weight is 357 g/mol. The monoisotopic (exact) mass is 357 g/mol.